The van der Waals surface area contributed by atoms with E-state index in [9.17, 15) is 0 Å². The van der Waals surface area contributed by atoms with E-state index in [1.165, 1.54) is 0 Å². The van der Waals surface area contributed by atoms with Crippen LogP contribution in [0.15, 0.2) is 71.8 Å². The summed E-state index contributed by atoms with van der Waals surface area (Å²) in [4.78, 5) is 0. The second kappa shape index (κ2) is 8.75. The van der Waals surface area contributed by atoms with Gasteiger partial charge in [0.15, 0.2) is 0 Å². The monoisotopic (exact) mass is 448 g/mol. The largest absolute Gasteiger partial charge is 0.494 e. The lowest BCUT2D eigenvalue weighted by atomic mass is 9.96. The average molecular weight is 449 g/mol. The zero-order chi connectivity index (χ0) is 22.1. The Morgan fingerprint density at radius 2 is 1.59 bits per heavy atom. The van der Waals surface area contributed by atoms with Gasteiger partial charge < -0.3 is 14.2 Å². The van der Waals surface area contributed by atoms with Crippen LogP contribution in [0.1, 0.15) is 49.2 Å². The molecule has 0 unspecified atom stereocenters. The fourth-order valence-electron chi connectivity index (χ4n) is 4.26. The van der Waals surface area contributed by atoms with E-state index in [-0.39, 0.29) is 12.3 Å². The number of nitrogens with zero attached hydrogens (tertiary/aromatic N) is 2. The van der Waals surface area contributed by atoms with E-state index in [0.717, 1.165) is 46.1 Å². The van der Waals surface area contributed by atoms with Gasteiger partial charge in [-0.2, -0.15) is 5.10 Å². The third-order valence-electron chi connectivity index (χ3n) is 5.73. The molecule has 6 heteroatoms. The highest BCUT2D eigenvalue weighted by atomic mass is 35.5. The summed E-state index contributed by atoms with van der Waals surface area (Å²) in [6.07, 6.45) is 0.447. The highest BCUT2D eigenvalue weighted by Crippen LogP contribution is 2.48. The Hall–Kier alpha value is -3.18. The van der Waals surface area contributed by atoms with Crippen molar-refractivity contribution in [3.05, 3.63) is 88.4 Å². The normalized spacial score (nSPS) is 19.0. The summed E-state index contributed by atoms with van der Waals surface area (Å²) in [5.74, 6) is 2.55. The van der Waals surface area contributed by atoms with Crippen LogP contribution in [0, 0.1) is 0 Å². The zero-order valence-electron chi connectivity index (χ0n) is 18.1. The summed E-state index contributed by atoms with van der Waals surface area (Å²) >= 11 is 6.33. The number of fused-ring (bicyclic) bond motifs is 3. The Morgan fingerprint density at radius 3 is 2.25 bits per heavy atom. The number of hydrogen-bond acceptors (Lipinski definition) is 5. The first-order valence-electron chi connectivity index (χ1n) is 10.9. The summed E-state index contributed by atoms with van der Waals surface area (Å²) in [7, 11) is 0. The highest BCUT2D eigenvalue weighted by molar-refractivity contribution is 6.30. The molecule has 0 saturated heterocycles. The van der Waals surface area contributed by atoms with Crippen LogP contribution in [0.25, 0.3) is 0 Å². The van der Waals surface area contributed by atoms with E-state index >= 15 is 0 Å². The van der Waals surface area contributed by atoms with Gasteiger partial charge in [-0.3, -0.25) is 0 Å². The molecule has 0 saturated carbocycles. The van der Waals surface area contributed by atoms with Crippen LogP contribution < -0.4 is 14.2 Å². The van der Waals surface area contributed by atoms with Gasteiger partial charge in [0.1, 0.15) is 17.2 Å². The molecule has 2 aliphatic rings. The van der Waals surface area contributed by atoms with E-state index in [1.807, 2.05) is 68.4 Å². The lowest BCUT2D eigenvalue weighted by Crippen LogP contribution is -2.33. The molecule has 2 aliphatic heterocycles. The van der Waals surface area contributed by atoms with Crippen molar-refractivity contribution in [2.24, 2.45) is 5.10 Å². The molecule has 2 atom stereocenters. The van der Waals surface area contributed by atoms with Crippen LogP contribution in [0.5, 0.6) is 17.2 Å². The van der Waals surface area contributed by atoms with Gasteiger partial charge >= 0.3 is 0 Å². The lowest BCUT2D eigenvalue weighted by Gasteiger charge is -2.38. The minimum Gasteiger partial charge on any atom is -0.494 e. The van der Waals surface area contributed by atoms with Gasteiger partial charge in [0.2, 0.25) is 6.23 Å². The van der Waals surface area contributed by atoms with Gasteiger partial charge in [-0.05, 0) is 86.1 Å². The van der Waals surface area contributed by atoms with Crippen molar-refractivity contribution >= 4 is 17.3 Å². The molecule has 0 aliphatic carbocycles. The molecule has 3 aromatic rings. The third kappa shape index (κ3) is 3.89. The maximum absolute atomic E-state index is 6.42. The van der Waals surface area contributed by atoms with Gasteiger partial charge in [0.25, 0.3) is 0 Å². The SMILES string of the molecule is CCOc1ccc(C2=NN3[C@H](C2)c2cc(Cl)ccc2O[C@@H]3c2ccc(OCC)cc2)cc1. The number of hydrazone groups is 1. The Kier molecular flexibility index (Phi) is 5.66. The molecule has 0 amide bonds. The van der Waals surface area contributed by atoms with Crippen LogP contribution in [0.3, 0.4) is 0 Å². The Balaban J connectivity index is 1.51. The molecule has 0 radical (unpaired) electrons. The maximum atomic E-state index is 6.42. The molecule has 0 spiro atoms. The van der Waals surface area contributed by atoms with Crippen LogP contribution in [0.2, 0.25) is 5.02 Å². The molecule has 0 bridgehead atoms. The van der Waals surface area contributed by atoms with Crippen LogP contribution in [-0.2, 0) is 0 Å². The molecule has 0 fully saturated rings. The first kappa shape index (κ1) is 20.7. The second-order valence-corrected chi connectivity index (χ2v) is 8.19. The quantitative estimate of drug-likeness (QED) is 0.439. The Labute approximate surface area is 193 Å². The predicted octanol–water partition coefficient (Wildman–Crippen LogP) is 6.38. The molecular formula is C26H25ClN2O3. The smallest absolute Gasteiger partial charge is 0.213 e. The topological polar surface area (TPSA) is 43.3 Å². The number of ether oxygens (including phenoxy) is 3. The molecular weight excluding hydrogens is 424 g/mol. The van der Waals surface area contributed by atoms with E-state index in [4.69, 9.17) is 30.9 Å². The van der Waals surface area contributed by atoms with Crippen molar-refractivity contribution in [1.82, 2.24) is 5.01 Å². The maximum Gasteiger partial charge on any atom is 0.213 e. The van der Waals surface area contributed by atoms with E-state index in [2.05, 4.69) is 17.1 Å². The van der Waals surface area contributed by atoms with Gasteiger partial charge in [-0.1, -0.05) is 11.6 Å². The number of halogens is 1. The molecule has 0 aromatic heterocycles. The fraction of sp³-hybridized carbons (Fsp3) is 0.269. The van der Waals surface area contributed by atoms with E-state index in [1.54, 1.807) is 0 Å². The second-order valence-electron chi connectivity index (χ2n) is 7.76. The van der Waals surface area contributed by atoms with Crippen molar-refractivity contribution in [2.75, 3.05) is 13.2 Å². The van der Waals surface area contributed by atoms with Crippen LogP contribution in [-0.4, -0.2) is 23.9 Å². The van der Waals surface area contributed by atoms with E-state index in [0.29, 0.717) is 18.2 Å². The molecule has 32 heavy (non-hydrogen) atoms. The molecule has 3 aromatic carbocycles. The van der Waals surface area contributed by atoms with Gasteiger partial charge in [0.05, 0.1) is 25.0 Å². The predicted molar refractivity (Wildman–Crippen MR) is 126 cm³/mol. The first-order valence-corrected chi connectivity index (χ1v) is 11.3. The van der Waals surface area contributed by atoms with Gasteiger partial charge in [-0.15, -0.1) is 0 Å². The highest BCUT2D eigenvalue weighted by Gasteiger charge is 2.41. The van der Waals surface area contributed by atoms with Crippen LogP contribution in [0.4, 0.5) is 0 Å². The first-order chi connectivity index (χ1) is 15.7. The summed E-state index contributed by atoms with van der Waals surface area (Å²) < 4.78 is 17.6. The minimum absolute atomic E-state index is 0.0515. The molecule has 2 heterocycles. The lowest BCUT2D eigenvalue weighted by molar-refractivity contribution is -0.0190. The van der Waals surface area contributed by atoms with Crippen LogP contribution >= 0.6 is 11.6 Å². The van der Waals surface area contributed by atoms with Crippen molar-refractivity contribution in [1.29, 1.82) is 0 Å². The van der Waals surface area contributed by atoms with Crippen molar-refractivity contribution < 1.29 is 14.2 Å². The summed E-state index contributed by atoms with van der Waals surface area (Å²) in [5.41, 5.74) is 4.18. The summed E-state index contributed by atoms with van der Waals surface area (Å²) in [6.45, 7) is 5.24. The fourth-order valence-corrected chi connectivity index (χ4v) is 4.44. The molecule has 5 nitrogen and oxygen atoms in total. The van der Waals surface area contributed by atoms with Crippen molar-refractivity contribution in [2.45, 2.75) is 32.5 Å². The molecule has 164 valence electrons. The van der Waals surface area contributed by atoms with Crippen molar-refractivity contribution in [3.63, 3.8) is 0 Å². The molecule has 5 rings (SSSR count). The van der Waals surface area contributed by atoms with E-state index < -0.39 is 0 Å². The third-order valence-corrected chi connectivity index (χ3v) is 5.96. The number of benzene rings is 3. The number of rotatable bonds is 6. The van der Waals surface area contributed by atoms with Crippen molar-refractivity contribution in [3.8, 4) is 17.2 Å². The Bertz CT molecular complexity index is 1130. The number of hydrogen-bond donors (Lipinski definition) is 0. The Morgan fingerprint density at radius 1 is 0.938 bits per heavy atom. The average Bonchev–Trinajstić information content (AvgIpc) is 3.26. The standard InChI is InChI=1S/C26H25ClN2O3/c1-3-30-20-10-5-17(6-11-20)23-16-24-22-15-19(27)9-14-25(22)32-26(29(24)28-23)18-7-12-21(13-8-18)31-4-2/h5-15,24,26H,3-4,16H2,1-2H3/t24-,26-/m1/s1. The minimum atomic E-state index is -0.329. The summed E-state index contributed by atoms with van der Waals surface area (Å²) in [6, 6.07) is 22.0. The summed E-state index contributed by atoms with van der Waals surface area (Å²) in [5, 5.41) is 7.76. The zero-order valence-corrected chi connectivity index (χ0v) is 18.9. The molecule has 0 N–H and O–H groups in total. The van der Waals surface area contributed by atoms with Gasteiger partial charge in [0, 0.05) is 22.6 Å². The van der Waals surface area contributed by atoms with Gasteiger partial charge in [-0.25, -0.2) is 5.01 Å².